The first kappa shape index (κ1) is 11.4. The Labute approximate surface area is 100 Å². The molecule has 86 valence electrons. The van der Waals surface area contributed by atoms with Gasteiger partial charge in [-0.15, -0.1) is 0 Å². The van der Waals surface area contributed by atoms with Gasteiger partial charge in [-0.1, -0.05) is 17.7 Å². The number of hydrogen-bond donors (Lipinski definition) is 1. The minimum Gasteiger partial charge on any atom is -0.313 e. The highest BCUT2D eigenvalue weighted by Crippen LogP contribution is 2.26. The number of fused-ring (bicyclic) bond motifs is 1. The van der Waals surface area contributed by atoms with E-state index in [9.17, 15) is 0 Å². The van der Waals surface area contributed by atoms with Gasteiger partial charge in [0, 0.05) is 18.0 Å². The Hall–Kier alpha value is -1.06. The van der Waals surface area contributed by atoms with Crippen molar-refractivity contribution in [3.63, 3.8) is 0 Å². The van der Waals surface area contributed by atoms with E-state index in [1.54, 1.807) is 0 Å². The molecule has 1 N–H and O–H groups in total. The molecule has 4 heteroatoms. The van der Waals surface area contributed by atoms with Crippen LogP contribution in [0.5, 0.6) is 0 Å². The lowest BCUT2D eigenvalue weighted by molar-refractivity contribution is 0.653. The molecule has 16 heavy (non-hydrogen) atoms. The van der Waals surface area contributed by atoms with Crippen LogP contribution in [0, 0.1) is 0 Å². The van der Waals surface area contributed by atoms with Gasteiger partial charge < -0.3 is 5.32 Å². The topological polar surface area (TPSA) is 29.9 Å². The number of aromatic nitrogens is 2. The molecule has 0 aliphatic carbocycles. The Morgan fingerprint density at radius 2 is 2.25 bits per heavy atom. The van der Waals surface area contributed by atoms with Crippen molar-refractivity contribution >= 4 is 22.5 Å². The van der Waals surface area contributed by atoms with Gasteiger partial charge in [0.25, 0.3) is 0 Å². The van der Waals surface area contributed by atoms with Crippen molar-refractivity contribution < 1.29 is 0 Å². The fourth-order valence-electron chi connectivity index (χ4n) is 1.83. The quantitative estimate of drug-likeness (QED) is 0.890. The highest BCUT2D eigenvalue weighted by atomic mass is 35.5. The second-order valence-electron chi connectivity index (χ2n) is 3.89. The molecule has 0 fully saturated rings. The van der Waals surface area contributed by atoms with Crippen LogP contribution in [0.2, 0.25) is 5.15 Å². The van der Waals surface area contributed by atoms with Crippen LogP contribution < -0.4 is 5.32 Å². The van der Waals surface area contributed by atoms with Crippen LogP contribution in [0.1, 0.15) is 25.5 Å². The maximum absolute atomic E-state index is 6.12. The molecule has 2 aromatic rings. The highest BCUT2D eigenvalue weighted by Gasteiger charge is 2.10. The van der Waals surface area contributed by atoms with Crippen LogP contribution in [0.15, 0.2) is 18.2 Å². The molecule has 0 saturated heterocycles. The summed E-state index contributed by atoms with van der Waals surface area (Å²) in [6.07, 6.45) is 0. The number of benzene rings is 1. The standard InChI is InChI=1S/C12H16ClN3/c1-4-16-11-6-5-9(8(2)14-3)7-10(11)12(13)15-16/h5-8,14H,4H2,1-3H3. The van der Waals surface area contributed by atoms with Gasteiger partial charge in [0.05, 0.1) is 5.52 Å². The van der Waals surface area contributed by atoms with Crippen LogP contribution >= 0.6 is 11.6 Å². The minimum absolute atomic E-state index is 0.324. The average Bonchev–Trinajstić information content (AvgIpc) is 2.64. The smallest absolute Gasteiger partial charge is 0.158 e. The largest absolute Gasteiger partial charge is 0.313 e. The van der Waals surface area contributed by atoms with Crippen molar-refractivity contribution in [1.82, 2.24) is 15.1 Å². The van der Waals surface area contributed by atoms with Crippen LogP contribution in [-0.4, -0.2) is 16.8 Å². The Morgan fingerprint density at radius 3 is 2.88 bits per heavy atom. The third-order valence-electron chi connectivity index (χ3n) is 2.96. The Bertz CT molecular complexity index is 504. The van der Waals surface area contributed by atoms with Crippen molar-refractivity contribution in [2.24, 2.45) is 0 Å². The molecule has 0 saturated carbocycles. The monoisotopic (exact) mass is 237 g/mol. The SMILES string of the molecule is CCn1nc(Cl)c2cc(C(C)NC)ccc21. The lowest BCUT2D eigenvalue weighted by Gasteiger charge is -2.10. The van der Waals surface area contributed by atoms with Crippen molar-refractivity contribution in [1.29, 1.82) is 0 Å². The van der Waals surface area contributed by atoms with Crippen LogP contribution in [-0.2, 0) is 6.54 Å². The van der Waals surface area contributed by atoms with E-state index in [2.05, 4.69) is 42.5 Å². The molecule has 1 atom stereocenters. The molecule has 0 spiro atoms. The highest BCUT2D eigenvalue weighted by molar-refractivity contribution is 6.34. The van der Waals surface area contributed by atoms with Crippen molar-refractivity contribution in [2.75, 3.05) is 7.05 Å². The van der Waals surface area contributed by atoms with Gasteiger partial charge in [-0.05, 0) is 38.6 Å². The maximum atomic E-state index is 6.12. The van der Waals surface area contributed by atoms with Gasteiger partial charge in [0.1, 0.15) is 0 Å². The van der Waals surface area contributed by atoms with Gasteiger partial charge in [0.15, 0.2) is 5.15 Å². The van der Waals surface area contributed by atoms with Gasteiger partial charge in [-0.25, -0.2) is 0 Å². The van der Waals surface area contributed by atoms with E-state index in [0.29, 0.717) is 11.2 Å². The first-order valence-corrected chi connectivity index (χ1v) is 5.88. The molecule has 3 nitrogen and oxygen atoms in total. The zero-order valence-electron chi connectivity index (χ0n) is 9.79. The predicted octanol–water partition coefficient (Wildman–Crippen LogP) is 2.99. The summed E-state index contributed by atoms with van der Waals surface area (Å²) < 4.78 is 1.92. The van der Waals surface area contributed by atoms with Crippen molar-refractivity contribution in [3.8, 4) is 0 Å². The molecule has 0 amide bonds. The molecule has 0 aliphatic heterocycles. The van der Waals surface area contributed by atoms with E-state index in [1.807, 2.05) is 11.7 Å². The van der Waals surface area contributed by atoms with Crippen molar-refractivity contribution in [2.45, 2.75) is 26.4 Å². The normalized spacial score (nSPS) is 13.2. The molecule has 0 aliphatic rings. The number of hydrogen-bond acceptors (Lipinski definition) is 2. The minimum atomic E-state index is 0.324. The predicted molar refractivity (Wildman–Crippen MR) is 67.9 cm³/mol. The van der Waals surface area contributed by atoms with Crippen LogP contribution in [0.25, 0.3) is 10.9 Å². The van der Waals surface area contributed by atoms with E-state index in [-0.39, 0.29) is 0 Å². The van der Waals surface area contributed by atoms with Gasteiger partial charge in [-0.2, -0.15) is 5.10 Å². The van der Waals surface area contributed by atoms with E-state index >= 15 is 0 Å². The summed E-state index contributed by atoms with van der Waals surface area (Å²) in [4.78, 5) is 0. The average molecular weight is 238 g/mol. The lowest BCUT2D eigenvalue weighted by atomic mass is 10.1. The number of nitrogens with zero attached hydrogens (tertiary/aromatic N) is 2. The maximum Gasteiger partial charge on any atom is 0.158 e. The Kier molecular flexibility index (Phi) is 3.17. The number of halogens is 1. The van der Waals surface area contributed by atoms with E-state index < -0.39 is 0 Å². The Balaban J connectivity index is 2.58. The van der Waals surface area contributed by atoms with E-state index in [1.165, 1.54) is 5.56 Å². The zero-order chi connectivity index (χ0) is 11.7. The summed E-state index contributed by atoms with van der Waals surface area (Å²) >= 11 is 6.12. The summed E-state index contributed by atoms with van der Waals surface area (Å²) in [6, 6.07) is 6.64. The molecule has 1 unspecified atom stereocenters. The molecule has 2 rings (SSSR count). The Morgan fingerprint density at radius 1 is 1.50 bits per heavy atom. The second kappa shape index (κ2) is 4.44. The zero-order valence-corrected chi connectivity index (χ0v) is 10.5. The molecule has 1 aromatic heterocycles. The lowest BCUT2D eigenvalue weighted by Crippen LogP contribution is -2.11. The van der Waals surface area contributed by atoms with E-state index in [0.717, 1.165) is 17.4 Å². The number of nitrogens with one attached hydrogen (secondary N) is 1. The molecular weight excluding hydrogens is 222 g/mol. The molecule has 0 radical (unpaired) electrons. The van der Waals surface area contributed by atoms with Crippen LogP contribution in [0.4, 0.5) is 0 Å². The van der Waals surface area contributed by atoms with Gasteiger partial charge in [-0.3, -0.25) is 4.68 Å². The first-order chi connectivity index (χ1) is 7.67. The summed E-state index contributed by atoms with van der Waals surface area (Å²) in [5.74, 6) is 0. The molecule has 0 bridgehead atoms. The molecule has 1 heterocycles. The van der Waals surface area contributed by atoms with E-state index in [4.69, 9.17) is 11.6 Å². The summed E-state index contributed by atoms with van der Waals surface area (Å²) in [5.41, 5.74) is 2.33. The summed E-state index contributed by atoms with van der Waals surface area (Å²) in [6.45, 7) is 5.02. The van der Waals surface area contributed by atoms with Gasteiger partial charge >= 0.3 is 0 Å². The summed E-state index contributed by atoms with van der Waals surface area (Å²) in [5, 5.41) is 9.13. The fraction of sp³-hybridized carbons (Fsp3) is 0.417. The molecular formula is C12H16ClN3. The second-order valence-corrected chi connectivity index (χ2v) is 4.25. The third kappa shape index (κ3) is 1.81. The van der Waals surface area contributed by atoms with Crippen molar-refractivity contribution in [3.05, 3.63) is 28.9 Å². The van der Waals surface area contributed by atoms with Crippen LogP contribution in [0.3, 0.4) is 0 Å². The number of rotatable bonds is 3. The van der Waals surface area contributed by atoms with Gasteiger partial charge in [0.2, 0.25) is 0 Å². The first-order valence-electron chi connectivity index (χ1n) is 5.50. The third-order valence-corrected chi connectivity index (χ3v) is 3.24. The molecule has 1 aromatic carbocycles. The summed E-state index contributed by atoms with van der Waals surface area (Å²) in [7, 11) is 1.95. The fourth-order valence-corrected chi connectivity index (χ4v) is 2.08. The number of aryl methyl sites for hydroxylation is 1.